The molecule has 0 aliphatic rings. The van der Waals surface area contributed by atoms with E-state index in [0.29, 0.717) is 5.75 Å². The number of nitrogens with zero attached hydrogens (tertiary/aromatic N) is 1. The summed E-state index contributed by atoms with van der Waals surface area (Å²) in [7, 11) is 0. The Morgan fingerprint density at radius 1 is 0.778 bits per heavy atom. The van der Waals surface area contributed by atoms with Crippen LogP contribution in [0.3, 0.4) is 0 Å². The molecule has 4 aromatic carbocycles. The maximum absolute atomic E-state index is 9.41. The number of nitriles is 1. The zero-order valence-electron chi connectivity index (χ0n) is 14.2. The molecule has 3 nitrogen and oxygen atoms in total. The molecule has 0 aromatic heterocycles. The Morgan fingerprint density at radius 2 is 1.26 bits per heavy atom. The third-order valence-corrected chi connectivity index (χ3v) is 5.61. The molecule has 0 aliphatic heterocycles. The lowest BCUT2D eigenvalue weighted by molar-refractivity contribution is 0.366. The minimum absolute atomic E-state index is 0.0916. The van der Waals surface area contributed by atoms with Crippen LogP contribution in [-0.2, 0) is 0 Å². The van der Waals surface area contributed by atoms with Gasteiger partial charge in [0.05, 0.1) is 7.14 Å². The van der Waals surface area contributed by atoms with Gasteiger partial charge in [-0.2, -0.15) is 5.26 Å². The van der Waals surface area contributed by atoms with Gasteiger partial charge in [0, 0.05) is 0 Å². The maximum atomic E-state index is 9.41. The molecule has 4 aromatic rings. The number of hydrogen-bond donors (Lipinski definition) is 1. The number of benzene rings is 4. The van der Waals surface area contributed by atoms with Gasteiger partial charge in [-0.05, 0) is 91.0 Å². The van der Waals surface area contributed by atoms with Crippen molar-refractivity contribution in [3.8, 4) is 17.6 Å². The van der Waals surface area contributed by atoms with Crippen LogP contribution in [0.25, 0.3) is 21.5 Å². The number of phenols is 1. The highest BCUT2D eigenvalue weighted by molar-refractivity contribution is 14.1. The van der Waals surface area contributed by atoms with Crippen LogP contribution in [-0.4, -0.2) is 11.7 Å². The molecule has 134 valence electrons. The molecule has 0 heterocycles. The fraction of sp³-hybridized carbons (Fsp3) is 0.0455. The van der Waals surface area contributed by atoms with Crippen LogP contribution in [0.2, 0.25) is 0 Å². The number of hydrogen-bond acceptors (Lipinski definition) is 3. The van der Waals surface area contributed by atoms with Gasteiger partial charge in [-0.15, -0.1) is 0 Å². The third kappa shape index (κ3) is 5.02. The Hall–Kier alpha value is -2.05. The molecule has 4 rings (SSSR count). The van der Waals surface area contributed by atoms with E-state index in [1.54, 1.807) is 6.07 Å². The van der Waals surface area contributed by atoms with Crippen LogP contribution in [0.5, 0.6) is 11.5 Å². The van der Waals surface area contributed by atoms with E-state index in [1.807, 2.05) is 60.7 Å². The Morgan fingerprint density at radius 3 is 1.81 bits per heavy atom. The van der Waals surface area contributed by atoms with Crippen LogP contribution in [0.1, 0.15) is 0 Å². The topological polar surface area (TPSA) is 53.2 Å². The first-order valence-corrected chi connectivity index (χ1v) is 10.3. The molecule has 0 saturated carbocycles. The minimum atomic E-state index is 0.0916. The van der Waals surface area contributed by atoms with Crippen molar-refractivity contribution in [3.63, 3.8) is 0 Å². The monoisotopic (exact) mass is 579 g/mol. The summed E-state index contributed by atoms with van der Waals surface area (Å²) in [4.78, 5) is 0. The third-order valence-electron chi connectivity index (χ3n) is 3.91. The predicted octanol–water partition coefficient (Wildman–Crippen LogP) is 6.50. The zero-order chi connectivity index (χ0) is 19.2. The summed E-state index contributed by atoms with van der Waals surface area (Å²) in [5.41, 5.74) is 0. The van der Waals surface area contributed by atoms with Crippen molar-refractivity contribution in [3.05, 3.63) is 79.9 Å². The van der Waals surface area contributed by atoms with Crippen LogP contribution in [0.4, 0.5) is 0 Å². The smallest absolute Gasteiger partial charge is 0.174 e. The van der Waals surface area contributed by atoms with E-state index in [4.69, 9.17) is 10.00 Å². The van der Waals surface area contributed by atoms with E-state index in [2.05, 4.69) is 57.3 Å². The largest absolute Gasteiger partial charge is 0.507 e. The Bertz CT molecular complexity index is 1100. The molecule has 0 unspecified atom stereocenters. The van der Waals surface area contributed by atoms with Crippen molar-refractivity contribution in [1.29, 1.82) is 5.26 Å². The first-order chi connectivity index (χ1) is 13.1. The van der Waals surface area contributed by atoms with Crippen LogP contribution in [0.15, 0.2) is 72.8 Å². The maximum Gasteiger partial charge on any atom is 0.174 e. The Kier molecular flexibility index (Phi) is 6.74. The van der Waals surface area contributed by atoms with E-state index in [0.717, 1.165) is 23.7 Å². The molecule has 1 N–H and O–H groups in total. The normalized spacial score (nSPS) is 10.1. The molecule has 5 heteroatoms. The van der Waals surface area contributed by atoms with Crippen molar-refractivity contribution in [2.45, 2.75) is 0 Å². The lowest BCUT2D eigenvalue weighted by Crippen LogP contribution is -1.95. The summed E-state index contributed by atoms with van der Waals surface area (Å²) >= 11 is 4.34. The number of halogens is 2. The van der Waals surface area contributed by atoms with Gasteiger partial charge in [0.2, 0.25) is 0 Å². The number of aromatic hydroxyl groups is 1. The molecular formula is C22H15I2NO2. The number of fused-ring (bicyclic) bond motifs is 2. The van der Waals surface area contributed by atoms with Crippen molar-refractivity contribution in [2.75, 3.05) is 6.61 Å². The first-order valence-electron chi connectivity index (χ1n) is 8.14. The SMILES string of the molecule is N#CCOc1cc2ccccc2cc1I.Oc1cc2ccccc2cc1I. The van der Waals surface area contributed by atoms with Crippen molar-refractivity contribution in [1.82, 2.24) is 0 Å². The summed E-state index contributed by atoms with van der Waals surface area (Å²) in [5.74, 6) is 1.13. The lowest BCUT2D eigenvalue weighted by Gasteiger charge is -2.06. The highest BCUT2D eigenvalue weighted by Crippen LogP contribution is 2.27. The van der Waals surface area contributed by atoms with Crippen molar-refractivity contribution >= 4 is 66.7 Å². The van der Waals surface area contributed by atoms with Gasteiger partial charge in [-0.3, -0.25) is 0 Å². The van der Waals surface area contributed by atoms with Gasteiger partial charge in [-0.25, -0.2) is 0 Å². The van der Waals surface area contributed by atoms with E-state index >= 15 is 0 Å². The quantitative estimate of drug-likeness (QED) is 0.276. The number of phenolic OH excluding ortho intramolecular Hbond substituents is 1. The summed E-state index contributed by atoms with van der Waals surface area (Å²) in [5, 5.41) is 22.4. The van der Waals surface area contributed by atoms with Crippen LogP contribution < -0.4 is 4.74 Å². The van der Waals surface area contributed by atoms with Crippen LogP contribution >= 0.6 is 45.2 Å². The molecule has 0 aliphatic carbocycles. The van der Waals surface area contributed by atoms with Gasteiger partial charge in [-0.1, -0.05) is 48.5 Å². The van der Waals surface area contributed by atoms with Crippen molar-refractivity contribution < 1.29 is 9.84 Å². The highest BCUT2D eigenvalue weighted by atomic mass is 127. The summed E-state index contributed by atoms with van der Waals surface area (Å²) in [6.07, 6.45) is 0. The van der Waals surface area contributed by atoms with Gasteiger partial charge in [0.1, 0.15) is 17.6 Å². The Labute approximate surface area is 184 Å². The molecule has 0 fully saturated rings. The van der Waals surface area contributed by atoms with Gasteiger partial charge < -0.3 is 9.84 Å². The molecule has 0 saturated heterocycles. The summed E-state index contributed by atoms with van der Waals surface area (Å²) in [6.45, 7) is 0.0916. The number of rotatable bonds is 2. The fourth-order valence-electron chi connectivity index (χ4n) is 2.61. The van der Waals surface area contributed by atoms with E-state index in [1.165, 1.54) is 10.8 Å². The molecule has 27 heavy (non-hydrogen) atoms. The lowest BCUT2D eigenvalue weighted by atomic mass is 10.1. The van der Waals surface area contributed by atoms with Gasteiger partial charge >= 0.3 is 0 Å². The molecule has 0 bridgehead atoms. The molecule has 0 radical (unpaired) electrons. The van der Waals surface area contributed by atoms with Gasteiger partial charge in [0.25, 0.3) is 0 Å². The standard InChI is InChI=1S/C12H8INO.C10H7IO/c13-11-7-9-3-1-2-4-10(9)8-12(11)15-6-5-14;11-9-5-7-3-1-2-4-8(7)6-10(9)12/h1-4,7-8H,6H2;1-6,12H. The second-order valence-corrected chi connectivity index (χ2v) is 8.05. The summed E-state index contributed by atoms with van der Waals surface area (Å²) in [6, 6.07) is 25.8. The number of ether oxygens (including phenoxy) is 1. The van der Waals surface area contributed by atoms with E-state index in [-0.39, 0.29) is 6.61 Å². The second-order valence-electron chi connectivity index (χ2n) is 5.73. The van der Waals surface area contributed by atoms with Gasteiger partial charge in [0.15, 0.2) is 6.61 Å². The highest BCUT2D eigenvalue weighted by Gasteiger charge is 2.03. The minimum Gasteiger partial charge on any atom is -0.507 e. The molecular weight excluding hydrogens is 564 g/mol. The first kappa shape index (κ1) is 19.7. The average molecular weight is 579 g/mol. The van der Waals surface area contributed by atoms with E-state index < -0.39 is 0 Å². The molecule has 0 amide bonds. The fourth-order valence-corrected chi connectivity index (χ4v) is 3.75. The van der Waals surface area contributed by atoms with E-state index in [9.17, 15) is 5.11 Å². The summed E-state index contributed by atoms with van der Waals surface area (Å²) < 4.78 is 7.25. The van der Waals surface area contributed by atoms with Crippen LogP contribution in [0, 0.1) is 18.5 Å². The average Bonchev–Trinajstić information content (AvgIpc) is 2.68. The second kappa shape index (κ2) is 9.24. The van der Waals surface area contributed by atoms with Crippen molar-refractivity contribution in [2.24, 2.45) is 0 Å². The molecule has 0 spiro atoms. The predicted molar refractivity (Wildman–Crippen MR) is 126 cm³/mol. The molecule has 0 atom stereocenters. The Balaban J connectivity index is 0.000000159. The zero-order valence-corrected chi connectivity index (χ0v) is 18.5.